The zero-order chi connectivity index (χ0) is 20.8. The van der Waals surface area contributed by atoms with Crippen LogP contribution in [0.4, 0.5) is 23.3 Å². The predicted octanol–water partition coefficient (Wildman–Crippen LogP) is 4.05. The number of benzene rings is 2. The smallest absolute Gasteiger partial charge is 0.232 e. The maximum absolute atomic E-state index is 6.07. The molecule has 29 heavy (non-hydrogen) atoms. The number of ether oxygens (including phenoxy) is 4. The fourth-order valence-electron chi connectivity index (χ4n) is 2.60. The highest BCUT2D eigenvalue weighted by molar-refractivity contribution is 6.31. The van der Waals surface area contributed by atoms with E-state index in [1.807, 2.05) is 0 Å². The number of halogens is 1. The largest absolute Gasteiger partial charge is 0.495 e. The number of nitrogens with zero attached hydrogens (tertiary/aromatic N) is 3. The van der Waals surface area contributed by atoms with Crippen molar-refractivity contribution >= 4 is 34.9 Å². The number of nitrogens with one attached hydrogen (secondary N) is 2. The first-order valence-electron chi connectivity index (χ1n) is 8.44. The Hall–Kier alpha value is -3.46. The molecule has 1 aromatic heterocycles. The number of methoxy groups -OCH3 is 4. The van der Waals surface area contributed by atoms with Crippen LogP contribution in [0, 0.1) is 0 Å². The van der Waals surface area contributed by atoms with Crippen LogP contribution in [0.2, 0.25) is 5.02 Å². The van der Waals surface area contributed by atoms with E-state index in [0.29, 0.717) is 51.3 Å². The van der Waals surface area contributed by atoms with Gasteiger partial charge in [0.25, 0.3) is 0 Å². The molecule has 0 atom stereocenters. The van der Waals surface area contributed by atoms with E-state index >= 15 is 0 Å². The monoisotopic (exact) mass is 417 g/mol. The third kappa shape index (κ3) is 4.69. The Morgan fingerprint density at radius 1 is 0.759 bits per heavy atom. The normalized spacial score (nSPS) is 10.2. The van der Waals surface area contributed by atoms with Crippen molar-refractivity contribution in [2.24, 2.45) is 0 Å². The summed E-state index contributed by atoms with van der Waals surface area (Å²) >= 11 is 6.07. The molecule has 0 amide bonds. The Morgan fingerprint density at radius 2 is 1.38 bits per heavy atom. The van der Waals surface area contributed by atoms with Crippen LogP contribution in [0.5, 0.6) is 23.0 Å². The zero-order valence-corrected chi connectivity index (χ0v) is 17.1. The molecule has 0 aliphatic carbocycles. The Balaban J connectivity index is 1.86. The molecule has 0 radical (unpaired) electrons. The van der Waals surface area contributed by atoms with Crippen LogP contribution in [0.25, 0.3) is 0 Å². The van der Waals surface area contributed by atoms with Gasteiger partial charge in [-0.15, -0.1) is 0 Å². The lowest BCUT2D eigenvalue weighted by atomic mass is 10.2. The van der Waals surface area contributed by atoms with Crippen LogP contribution >= 0.6 is 11.6 Å². The molecule has 152 valence electrons. The average molecular weight is 418 g/mol. The molecule has 0 fully saturated rings. The number of rotatable bonds is 8. The highest BCUT2D eigenvalue weighted by atomic mass is 35.5. The minimum absolute atomic E-state index is 0.315. The second-order valence-electron chi connectivity index (χ2n) is 5.64. The molecule has 10 heteroatoms. The van der Waals surface area contributed by atoms with Gasteiger partial charge in [-0.25, -0.2) is 9.97 Å². The standard InChI is InChI=1S/C19H20ClN5O4/c1-26-14-6-5-11(20)7-13(14)24-19-22-10-21-18(25-19)23-12-8-15(27-2)17(29-4)16(9-12)28-3/h5-10H,1-4H3,(H2,21,22,23,24,25). The summed E-state index contributed by atoms with van der Waals surface area (Å²) in [5.74, 6) is 2.74. The third-order valence-electron chi connectivity index (χ3n) is 3.90. The summed E-state index contributed by atoms with van der Waals surface area (Å²) < 4.78 is 21.4. The van der Waals surface area contributed by atoms with Gasteiger partial charge in [0.2, 0.25) is 17.6 Å². The average Bonchev–Trinajstić information content (AvgIpc) is 2.73. The first-order chi connectivity index (χ1) is 14.1. The van der Waals surface area contributed by atoms with E-state index in [1.165, 1.54) is 6.33 Å². The molecule has 9 nitrogen and oxygen atoms in total. The van der Waals surface area contributed by atoms with Gasteiger partial charge < -0.3 is 29.6 Å². The van der Waals surface area contributed by atoms with Crippen molar-refractivity contribution in [2.75, 3.05) is 39.1 Å². The first-order valence-corrected chi connectivity index (χ1v) is 8.82. The van der Waals surface area contributed by atoms with Gasteiger partial charge in [0, 0.05) is 22.8 Å². The van der Waals surface area contributed by atoms with Gasteiger partial charge in [0.05, 0.1) is 34.1 Å². The second kappa shape index (κ2) is 9.16. The van der Waals surface area contributed by atoms with Crippen LogP contribution in [-0.4, -0.2) is 43.4 Å². The SMILES string of the molecule is COc1ccc(Cl)cc1Nc1ncnc(Nc2cc(OC)c(OC)c(OC)c2)n1. The van der Waals surface area contributed by atoms with Crippen LogP contribution in [0.1, 0.15) is 0 Å². The summed E-state index contributed by atoms with van der Waals surface area (Å²) in [6.45, 7) is 0. The Labute approximate surface area is 173 Å². The molecule has 3 rings (SSSR count). The molecule has 3 aromatic rings. The van der Waals surface area contributed by atoms with Gasteiger partial charge >= 0.3 is 0 Å². The van der Waals surface area contributed by atoms with E-state index in [2.05, 4.69) is 25.6 Å². The maximum Gasteiger partial charge on any atom is 0.232 e. The lowest BCUT2D eigenvalue weighted by Crippen LogP contribution is -2.04. The third-order valence-corrected chi connectivity index (χ3v) is 4.14. The van der Waals surface area contributed by atoms with E-state index in [9.17, 15) is 0 Å². The summed E-state index contributed by atoms with van der Waals surface area (Å²) in [4.78, 5) is 12.6. The number of hydrogen-bond acceptors (Lipinski definition) is 9. The number of aromatic nitrogens is 3. The van der Waals surface area contributed by atoms with Crippen molar-refractivity contribution in [1.29, 1.82) is 0 Å². The molecule has 0 spiro atoms. The van der Waals surface area contributed by atoms with Gasteiger partial charge in [-0.05, 0) is 18.2 Å². The fraction of sp³-hybridized carbons (Fsp3) is 0.211. The second-order valence-corrected chi connectivity index (χ2v) is 6.08. The quantitative estimate of drug-likeness (QED) is 0.562. The van der Waals surface area contributed by atoms with Crippen molar-refractivity contribution < 1.29 is 18.9 Å². The highest BCUT2D eigenvalue weighted by Gasteiger charge is 2.14. The van der Waals surface area contributed by atoms with E-state index in [-0.39, 0.29) is 0 Å². The van der Waals surface area contributed by atoms with E-state index < -0.39 is 0 Å². The van der Waals surface area contributed by atoms with E-state index in [0.717, 1.165) is 0 Å². The summed E-state index contributed by atoms with van der Waals surface area (Å²) in [5.41, 5.74) is 1.28. The van der Waals surface area contributed by atoms with Crippen molar-refractivity contribution in [1.82, 2.24) is 15.0 Å². The number of anilines is 4. The van der Waals surface area contributed by atoms with Crippen molar-refractivity contribution in [3.05, 3.63) is 41.7 Å². The maximum atomic E-state index is 6.07. The van der Waals surface area contributed by atoms with E-state index in [1.54, 1.807) is 58.8 Å². The van der Waals surface area contributed by atoms with Crippen LogP contribution in [-0.2, 0) is 0 Å². The van der Waals surface area contributed by atoms with Crippen LogP contribution in [0.15, 0.2) is 36.7 Å². The van der Waals surface area contributed by atoms with Gasteiger partial charge in [0.1, 0.15) is 12.1 Å². The zero-order valence-electron chi connectivity index (χ0n) is 16.3. The molecule has 2 aromatic carbocycles. The molecule has 0 saturated heterocycles. The minimum Gasteiger partial charge on any atom is -0.495 e. The molecular weight excluding hydrogens is 398 g/mol. The van der Waals surface area contributed by atoms with E-state index in [4.69, 9.17) is 30.5 Å². The van der Waals surface area contributed by atoms with Gasteiger partial charge in [-0.1, -0.05) is 11.6 Å². The molecule has 2 N–H and O–H groups in total. The molecule has 0 bridgehead atoms. The fourth-order valence-corrected chi connectivity index (χ4v) is 2.77. The Bertz CT molecular complexity index is 977. The van der Waals surface area contributed by atoms with Crippen molar-refractivity contribution in [3.8, 4) is 23.0 Å². The lowest BCUT2D eigenvalue weighted by Gasteiger charge is -2.15. The Kier molecular flexibility index (Phi) is 6.40. The predicted molar refractivity (Wildman–Crippen MR) is 110 cm³/mol. The summed E-state index contributed by atoms with van der Waals surface area (Å²) in [5, 5.41) is 6.72. The van der Waals surface area contributed by atoms with Crippen molar-refractivity contribution in [3.63, 3.8) is 0 Å². The van der Waals surface area contributed by atoms with Gasteiger partial charge in [0.15, 0.2) is 11.5 Å². The summed E-state index contributed by atoms with van der Waals surface area (Å²) in [7, 11) is 6.20. The molecule has 0 saturated carbocycles. The number of hydrogen-bond donors (Lipinski definition) is 2. The molecule has 1 heterocycles. The van der Waals surface area contributed by atoms with Crippen molar-refractivity contribution in [2.45, 2.75) is 0 Å². The summed E-state index contributed by atoms with van der Waals surface area (Å²) in [6.07, 6.45) is 1.38. The molecular formula is C19H20ClN5O4. The highest BCUT2D eigenvalue weighted by Crippen LogP contribution is 2.40. The topological polar surface area (TPSA) is 99.7 Å². The lowest BCUT2D eigenvalue weighted by molar-refractivity contribution is 0.324. The summed E-state index contributed by atoms with van der Waals surface area (Å²) in [6, 6.07) is 8.70. The van der Waals surface area contributed by atoms with Crippen LogP contribution in [0.3, 0.4) is 0 Å². The first kappa shape index (κ1) is 20.3. The van der Waals surface area contributed by atoms with Crippen LogP contribution < -0.4 is 29.6 Å². The molecule has 0 unspecified atom stereocenters. The molecule has 0 aliphatic heterocycles. The van der Waals surface area contributed by atoms with Gasteiger partial charge in [-0.2, -0.15) is 4.98 Å². The van der Waals surface area contributed by atoms with Gasteiger partial charge in [-0.3, -0.25) is 0 Å². The Morgan fingerprint density at radius 3 is 1.97 bits per heavy atom. The minimum atomic E-state index is 0.315. The molecule has 0 aliphatic rings.